The number of anilines is 1. The summed E-state index contributed by atoms with van der Waals surface area (Å²) in [5.74, 6) is -0.397. The van der Waals surface area contributed by atoms with Crippen LogP contribution in [0.5, 0.6) is 0 Å². The van der Waals surface area contributed by atoms with Gasteiger partial charge in [0.05, 0.1) is 5.69 Å². The Balaban J connectivity index is 2.18. The number of carbonyl (C=O) groups excluding carboxylic acids is 1. The minimum absolute atomic E-state index is 0.00692. The van der Waals surface area contributed by atoms with Crippen LogP contribution in [0.1, 0.15) is 16.2 Å². The van der Waals surface area contributed by atoms with Gasteiger partial charge in [-0.05, 0) is 45.8 Å². The first kappa shape index (κ1) is 10.7. The highest BCUT2D eigenvalue weighted by atomic mass is 79.9. The highest BCUT2D eigenvalue weighted by Gasteiger charge is 2.12. The number of halogens is 1. The van der Waals surface area contributed by atoms with Gasteiger partial charge in [-0.2, -0.15) is 5.21 Å². The number of H-pyrrole nitrogens is 1. The number of carbonyl (C=O) groups is 1. The maximum absolute atomic E-state index is 11.6. The molecule has 1 amide bonds. The van der Waals surface area contributed by atoms with Crippen LogP contribution in [0.3, 0.4) is 0 Å². The van der Waals surface area contributed by atoms with Crippen molar-refractivity contribution >= 4 is 27.5 Å². The quantitative estimate of drug-likeness (QED) is 0.874. The van der Waals surface area contributed by atoms with Crippen molar-refractivity contribution in [1.82, 2.24) is 20.6 Å². The van der Waals surface area contributed by atoms with Crippen molar-refractivity contribution in [3.63, 3.8) is 0 Å². The van der Waals surface area contributed by atoms with Gasteiger partial charge in [0, 0.05) is 4.47 Å². The van der Waals surface area contributed by atoms with Gasteiger partial charge in [0.1, 0.15) is 0 Å². The van der Waals surface area contributed by atoms with Crippen molar-refractivity contribution in [2.75, 3.05) is 5.32 Å². The van der Waals surface area contributed by atoms with E-state index in [4.69, 9.17) is 0 Å². The second-order valence-electron chi connectivity index (χ2n) is 3.17. The largest absolute Gasteiger partial charge is 0.318 e. The van der Waals surface area contributed by atoms with Gasteiger partial charge in [-0.25, -0.2) is 0 Å². The first-order chi connectivity index (χ1) is 7.66. The zero-order chi connectivity index (χ0) is 11.5. The van der Waals surface area contributed by atoms with E-state index in [1.54, 1.807) is 6.07 Å². The van der Waals surface area contributed by atoms with Gasteiger partial charge in [-0.3, -0.25) is 4.79 Å². The third kappa shape index (κ3) is 2.25. The van der Waals surface area contributed by atoms with Crippen LogP contribution in [0.15, 0.2) is 22.7 Å². The van der Waals surface area contributed by atoms with Gasteiger partial charge in [0.15, 0.2) is 0 Å². The second kappa shape index (κ2) is 4.40. The number of benzene rings is 1. The summed E-state index contributed by atoms with van der Waals surface area (Å²) in [5, 5.41) is 15.4. The van der Waals surface area contributed by atoms with Crippen LogP contribution in [-0.4, -0.2) is 26.5 Å². The van der Waals surface area contributed by atoms with Gasteiger partial charge in [-0.15, -0.1) is 10.2 Å². The lowest BCUT2D eigenvalue weighted by molar-refractivity contribution is 0.101. The molecule has 0 fully saturated rings. The molecule has 1 aromatic heterocycles. The number of aromatic amines is 1. The molecule has 2 aromatic rings. The Morgan fingerprint density at radius 2 is 2.31 bits per heavy atom. The number of aryl methyl sites for hydroxylation is 1. The van der Waals surface area contributed by atoms with Gasteiger partial charge in [-0.1, -0.05) is 6.07 Å². The van der Waals surface area contributed by atoms with Crippen molar-refractivity contribution in [2.24, 2.45) is 0 Å². The number of hydrogen-bond acceptors (Lipinski definition) is 4. The SMILES string of the molecule is Cc1ccc(NC(=O)c2nn[nH]n2)c(Br)c1. The number of nitrogens with one attached hydrogen (secondary N) is 2. The van der Waals surface area contributed by atoms with E-state index in [1.807, 2.05) is 19.1 Å². The van der Waals surface area contributed by atoms with E-state index in [1.165, 1.54) is 0 Å². The molecule has 1 aromatic carbocycles. The van der Waals surface area contributed by atoms with Crippen LogP contribution in [0.25, 0.3) is 0 Å². The lowest BCUT2D eigenvalue weighted by atomic mass is 10.2. The maximum Gasteiger partial charge on any atom is 0.297 e. The van der Waals surface area contributed by atoms with E-state index in [0.717, 1.165) is 10.0 Å². The Kier molecular flexibility index (Phi) is 2.95. The molecule has 1 heterocycles. The summed E-state index contributed by atoms with van der Waals surface area (Å²) in [6.07, 6.45) is 0. The van der Waals surface area contributed by atoms with E-state index < -0.39 is 5.91 Å². The summed E-state index contributed by atoms with van der Waals surface area (Å²) in [7, 11) is 0. The van der Waals surface area contributed by atoms with Crippen LogP contribution in [-0.2, 0) is 0 Å². The van der Waals surface area contributed by atoms with Crippen molar-refractivity contribution < 1.29 is 4.79 Å². The molecule has 0 aliphatic heterocycles. The fourth-order valence-corrected chi connectivity index (χ4v) is 1.75. The summed E-state index contributed by atoms with van der Waals surface area (Å²) in [6, 6.07) is 5.61. The first-order valence-corrected chi connectivity index (χ1v) is 5.27. The topological polar surface area (TPSA) is 83.6 Å². The van der Waals surface area contributed by atoms with E-state index in [2.05, 4.69) is 41.9 Å². The van der Waals surface area contributed by atoms with Gasteiger partial charge in [0.2, 0.25) is 0 Å². The Hall–Kier alpha value is -1.76. The number of tetrazole rings is 1. The summed E-state index contributed by atoms with van der Waals surface area (Å²) in [4.78, 5) is 11.6. The van der Waals surface area contributed by atoms with Crippen LogP contribution in [0.2, 0.25) is 0 Å². The van der Waals surface area contributed by atoms with E-state index in [0.29, 0.717) is 5.69 Å². The van der Waals surface area contributed by atoms with E-state index >= 15 is 0 Å². The minimum atomic E-state index is -0.404. The standard InChI is InChI=1S/C9H8BrN5O/c1-5-2-3-7(6(10)4-5)11-9(16)8-12-14-15-13-8/h2-4H,1H3,(H,11,16)(H,12,13,14,15). The van der Waals surface area contributed by atoms with E-state index in [-0.39, 0.29) is 5.82 Å². The summed E-state index contributed by atoms with van der Waals surface area (Å²) in [5.41, 5.74) is 1.77. The third-order valence-electron chi connectivity index (χ3n) is 1.92. The molecular formula is C9H8BrN5O. The summed E-state index contributed by atoms with van der Waals surface area (Å²) >= 11 is 3.36. The Morgan fingerprint density at radius 3 is 2.94 bits per heavy atom. The fraction of sp³-hybridized carbons (Fsp3) is 0.111. The van der Waals surface area contributed by atoms with Crippen molar-refractivity contribution in [3.05, 3.63) is 34.1 Å². The molecule has 0 bridgehead atoms. The molecule has 0 spiro atoms. The monoisotopic (exact) mass is 281 g/mol. The van der Waals surface area contributed by atoms with Crippen molar-refractivity contribution in [3.8, 4) is 0 Å². The van der Waals surface area contributed by atoms with Crippen LogP contribution in [0.4, 0.5) is 5.69 Å². The predicted molar refractivity (Wildman–Crippen MR) is 61.0 cm³/mol. The third-order valence-corrected chi connectivity index (χ3v) is 2.58. The highest BCUT2D eigenvalue weighted by molar-refractivity contribution is 9.10. The lowest BCUT2D eigenvalue weighted by Gasteiger charge is -2.05. The molecule has 6 nitrogen and oxygen atoms in total. The van der Waals surface area contributed by atoms with E-state index in [9.17, 15) is 4.79 Å². The molecule has 0 saturated heterocycles. The van der Waals surface area contributed by atoms with Crippen LogP contribution in [0, 0.1) is 6.92 Å². The zero-order valence-electron chi connectivity index (χ0n) is 8.36. The Labute approximate surface area is 99.6 Å². The summed E-state index contributed by atoms with van der Waals surface area (Å²) in [6.45, 7) is 1.97. The van der Waals surface area contributed by atoms with Crippen LogP contribution >= 0.6 is 15.9 Å². The molecule has 2 rings (SSSR count). The number of hydrogen-bond donors (Lipinski definition) is 2. The zero-order valence-corrected chi connectivity index (χ0v) is 9.95. The lowest BCUT2D eigenvalue weighted by Crippen LogP contribution is -2.14. The molecule has 82 valence electrons. The average molecular weight is 282 g/mol. The molecule has 7 heteroatoms. The maximum atomic E-state index is 11.6. The second-order valence-corrected chi connectivity index (χ2v) is 4.03. The predicted octanol–water partition coefficient (Wildman–Crippen LogP) is 1.52. The smallest absolute Gasteiger partial charge is 0.297 e. The number of amides is 1. The molecule has 0 aliphatic carbocycles. The highest BCUT2D eigenvalue weighted by Crippen LogP contribution is 2.23. The Bertz CT molecular complexity index is 511. The van der Waals surface area contributed by atoms with Gasteiger partial charge >= 0.3 is 0 Å². The fourth-order valence-electron chi connectivity index (χ4n) is 1.16. The molecule has 0 radical (unpaired) electrons. The van der Waals surface area contributed by atoms with Crippen LogP contribution < -0.4 is 5.32 Å². The molecule has 0 atom stereocenters. The number of rotatable bonds is 2. The van der Waals surface area contributed by atoms with Crippen molar-refractivity contribution in [1.29, 1.82) is 0 Å². The molecular weight excluding hydrogens is 274 g/mol. The Morgan fingerprint density at radius 1 is 1.50 bits per heavy atom. The molecule has 2 N–H and O–H groups in total. The molecule has 0 unspecified atom stereocenters. The molecule has 0 aliphatic rings. The molecule has 16 heavy (non-hydrogen) atoms. The number of nitrogens with zero attached hydrogens (tertiary/aromatic N) is 3. The summed E-state index contributed by atoms with van der Waals surface area (Å²) < 4.78 is 0.810. The van der Waals surface area contributed by atoms with Gasteiger partial charge in [0.25, 0.3) is 11.7 Å². The van der Waals surface area contributed by atoms with Crippen molar-refractivity contribution in [2.45, 2.75) is 6.92 Å². The van der Waals surface area contributed by atoms with Gasteiger partial charge < -0.3 is 5.32 Å². The number of aromatic nitrogens is 4. The minimum Gasteiger partial charge on any atom is -0.318 e. The molecule has 0 saturated carbocycles. The normalized spacial score (nSPS) is 10.1. The first-order valence-electron chi connectivity index (χ1n) is 4.48. The average Bonchev–Trinajstić information content (AvgIpc) is 2.75.